The molecule has 0 heterocycles. The first kappa shape index (κ1) is 21.5. The van der Waals surface area contributed by atoms with E-state index >= 15 is 0 Å². The van der Waals surface area contributed by atoms with Crippen molar-refractivity contribution in [1.29, 1.82) is 0 Å². The summed E-state index contributed by atoms with van der Waals surface area (Å²) in [6.07, 6.45) is 0. The second kappa shape index (κ2) is 7.91. The molecule has 0 fully saturated rings. The summed E-state index contributed by atoms with van der Waals surface area (Å²) < 4.78 is 0. The molecule has 0 amide bonds. The summed E-state index contributed by atoms with van der Waals surface area (Å²) in [5, 5.41) is 61.8. The highest BCUT2D eigenvalue weighted by molar-refractivity contribution is 6.01. The number of Topliss-reactive ketones (excluding diaryl/α,β-unsaturated/α-hetero) is 2. The zero-order valence-electron chi connectivity index (χ0n) is 16.6. The van der Waals surface area contributed by atoms with Crippen LogP contribution in [-0.4, -0.2) is 42.2 Å². The third-order valence-corrected chi connectivity index (χ3v) is 5.03. The molecule has 160 valence electrons. The van der Waals surface area contributed by atoms with Crippen LogP contribution in [0.4, 0.5) is 0 Å². The van der Waals surface area contributed by atoms with Crippen molar-refractivity contribution in [2.45, 2.75) is 19.8 Å². The van der Waals surface area contributed by atoms with E-state index in [0.29, 0.717) is 0 Å². The predicted molar refractivity (Wildman–Crippen MR) is 110 cm³/mol. The van der Waals surface area contributed by atoms with Gasteiger partial charge in [0.25, 0.3) is 0 Å². The van der Waals surface area contributed by atoms with E-state index in [1.54, 1.807) is 0 Å². The van der Waals surface area contributed by atoms with Crippen molar-refractivity contribution in [1.82, 2.24) is 0 Å². The Morgan fingerprint density at radius 3 is 1.42 bits per heavy atom. The lowest BCUT2D eigenvalue weighted by molar-refractivity contribution is 0.0999. The van der Waals surface area contributed by atoms with Crippen LogP contribution in [0, 0.1) is 0 Å². The highest BCUT2D eigenvalue weighted by atomic mass is 16.3. The van der Waals surface area contributed by atoms with Gasteiger partial charge in [0, 0.05) is 28.7 Å². The summed E-state index contributed by atoms with van der Waals surface area (Å²) in [6.45, 7) is 2.30. The molecule has 3 rings (SSSR count). The molecule has 0 radical (unpaired) electrons. The molecule has 8 nitrogen and oxygen atoms in total. The molecular weight excluding hydrogens is 404 g/mol. The topological polar surface area (TPSA) is 156 Å². The molecule has 6 N–H and O–H groups in total. The number of aromatic hydroxyl groups is 6. The highest BCUT2D eigenvalue weighted by Crippen LogP contribution is 2.48. The second-order valence-electron chi connectivity index (χ2n) is 7.08. The minimum Gasteiger partial charge on any atom is -0.508 e. The number of ketones is 2. The summed E-state index contributed by atoms with van der Waals surface area (Å²) >= 11 is 0. The average Bonchev–Trinajstić information content (AvgIpc) is 2.65. The SMILES string of the molecule is CC(=O)c1c(O)ccc(C(c2ccc(O)cc2O)c2ccc(O)c(C(C)=O)c2O)c1O. The van der Waals surface area contributed by atoms with Crippen LogP contribution >= 0.6 is 0 Å². The molecule has 0 aliphatic rings. The van der Waals surface area contributed by atoms with Gasteiger partial charge in [-0.2, -0.15) is 0 Å². The molecule has 0 aliphatic heterocycles. The second-order valence-corrected chi connectivity index (χ2v) is 7.08. The number of rotatable bonds is 5. The van der Waals surface area contributed by atoms with E-state index in [0.717, 1.165) is 19.9 Å². The maximum absolute atomic E-state index is 12.0. The number of hydrogen-bond donors (Lipinski definition) is 6. The number of phenolic OH excluding ortho intramolecular Hbond substituents is 6. The third-order valence-electron chi connectivity index (χ3n) is 5.03. The molecule has 0 aliphatic carbocycles. The van der Waals surface area contributed by atoms with Crippen LogP contribution in [0.5, 0.6) is 34.5 Å². The molecule has 3 aromatic rings. The molecule has 3 aromatic carbocycles. The highest BCUT2D eigenvalue weighted by Gasteiger charge is 2.30. The van der Waals surface area contributed by atoms with Crippen molar-refractivity contribution in [2.75, 3.05) is 0 Å². The van der Waals surface area contributed by atoms with Crippen LogP contribution in [0.15, 0.2) is 42.5 Å². The first-order valence-corrected chi connectivity index (χ1v) is 9.18. The fourth-order valence-corrected chi connectivity index (χ4v) is 3.63. The minimum absolute atomic E-state index is 0.0273. The van der Waals surface area contributed by atoms with Crippen molar-refractivity contribution >= 4 is 11.6 Å². The Balaban J connectivity index is 2.42. The van der Waals surface area contributed by atoms with Gasteiger partial charge in [0.1, 0.15) is 45.6 Å². The van der Waals surface area contributed by atoms with Gasteiger partial charge in [-0.1, -0.05) is 18.2 Å². The van der Waals surface area contributed by atoms with Gasteiger partial charge in [-0.3, -0.25) is 9.59 Å². The summed E-state index contributed by atoms with van der Waals surface area (Å²) in [5.41, 5.74) is -0.542. The van der Waals surface area contributed by atoms with Crippen molar-refractivity contribution in [2.24, 2.45) is 0 Å². The maximum atomic E-state index is 12.0. The zero-order chi connectivity index (χ0) is 23.0. The normalized spacial score (nSPS) is 10.9. The Morgan fingerprint density at radius 1 is 0.613 bits per heavy atom. The molecule has 0 unspecified atom stereocenters. The van der Waals surface area contributed by atoms with E-state index in [2.05, 4.69) is 0 Å². The summed E-state index contributed by atoms with van der Waals surface area (Å²) in [7, 11) is 0. The molecule has 0 saturated heterocycles. The molecule has 0 saturated carbocycles. The number of phenols is 6. The maximum Gasteiger partial charge on any atom is 0.167 e. The Hall–Kier alpha value is -4.20. The van der Waals surface area contributed by atoms with Gasteiger partial charge >= 0.3 is 0 Å². The first-order chi connectivity index (χ1) is 14.5. The fraction of sp³-hybridized carbons (Fsp3) is 0.130. The van der Waals surface area contributed by atoms with Crippen molar-refractivity contribution in [3.63, 3.8) is 0 Å². The molecule has 31 heavy (non-hydrogen) atoms. The van der Waals surface area contributed by atoms with Crippen LogP contribution in [-0.2, 0) is 0 Å². The van der Waals surface area contributed by atoms with E-state index < -0.39 is 46.2 Å². The number of carbonyl (C=O) groups is 2. The first-order valence-electron chi connectivity index (χ1n) is 9.18. The van der Waals surface area contributed by atoms with E-state index in [9.17, 15) is 40.2 Å². The lowest BCUT2D eigenvalue weighted by Crippen LogP contribution is -2.08. The van der Waals surface area contributed by atoms with E-state index in [-0.39, 0.29) is 33.6 Å². The van der Waals surface area contributed by atoms with Gasteiger partial charge in [0.05, 0.1) is 0 Å². The number of carbonyl (C=O) groups excluding carboxylic acids is 2. The van der Waals surface area contributed by atoms with Crippen LogP contribution in [0.25, 0.3) is 0 Å². The fourth-order valence-electron chi connectivity index (χ4n) is 3.63. The Morgan fingerprint density at radius 2 is 1.03 bits per heavy atom. The summed E-state index contributed by atoms with van der Waals surface area (Å²) in [5.74, 6) is -5.09. The number of hydrogen-bond acceptors (Lipinski definition) is 8. The van der Waals surface area contributed by atoms with Crippen LogP contribution in [0.2, 0.25) is 0 Å². The van der Waals surface area contributed by atoms with Crippen LogP contribution in [0.1, 0.15) is 57.2 Å². The van der Waals surface area contributed by atoms with Gasteiger partial charge < -0.3 is 30.6 Å². The van der Waals surface area contributed by atoms with E-state index in [1.807, 2.05) is 0 Å². The summed E-state index contributed by atoms with van der Waals surface area (Å²) in [6, 6.07) is 8.62. The quantitative estimate of drug-likeness (QED) is 0.268. The number of benzene rings is 3. The molecule has 0 atom stereocenters. The van der Waals surface area contributed by atoms with Gasteiger partial charge in [-0.05, 0) is 32.0 Å². The Kier molecular flexibility index (Phi) is 5.49. The van der Waals surface area contributed by atoms with Gasteiger partial charge in [0.15, 0.2) is 11.6 Å². The Labute approximate surface area is 176 Å². The lowest BCUT2D eigenvalue weighted by Gasteiger charge is -2.24. The van der Waals surface area contributed by atoms with Crippen LogP contribution in [0.3, 0.4) is 0 Å². The molecule has 0 bridgehead atoms. The lowest BCUT2D eigenvalue weighted by atomic mass is 9.81. The molecule has 0 aromatic heterocycles. The molecule has 0 spiro atoms. The molecule has 8 heteroatoms. The zero-order valence-corrected chi connectivity index (χ0v) is 16.6. The van der Waals surface area contributed by atoms with Crippen LogP contribution < -0.4 is 0 Å². The average molecular weight is 424 g/mol. The monoisotopic (exact) mass is 424 g/mol. The van der Waals surface area contributed by atoms with E-state index in [1.165, 1.54) is 36.4 Å². The van der Waals surface area contributed by atoms with Crippen molar-refractivity contribution in [3.05, 3.63) is 70.3 Å². The van der Waals surface area contributed by atoms with Gasteiger partial charge in [-0.15, -0.1) is 0 Å². The standard InChI is InChI=1S/C23H20O8/c1-10(24)19-16(27)7-5-14(22(19)30)21(13-4-3-12(26)9-18(13)29)15-6-8-17(28)20(11(2)25)23(15)31/h3-9,21,26-31H,1-2H3. The summed E-state index contributed by atoms with van der Waals surface area (Å²) in [4.78, 5) is 23.9. The largest absolute Gasteiger partial charge is 0.508 e. The van der Waals surface area contributed by atoms with E-state index in [4.69, 9.17) is 0 Å². The molecular formula is C23H20O8. The van der Waals surface area contributed by atoms with Gasteiger partial charge in [-0.25, -0.2) is 0 Å². The Bertz CT molecular complexity index is 1140. The predicted octanol–water partition coefficient (Wildman–Crippen LogP) is 3.51. The third kappa shape index (κ3) is 3.71. The smallest absolute Gasteiger partial charge is 0.167 e. The van der Waals surface area contributed by atoms with Gasteiger partial charge in [0.2, 0.25) is 0 Å². The van der Waals surface area contributed by atoms with Crippen molar-refractivity contribution in [3.8, 4) is 34.5 Å². The van der Waals surface area contributed by atoms with Crippen molar-refractivity contribution < 1.29 is 40.2 Å². The minimum atomic E-state index is -1.14.